The molecule has 0 atom stereocenters. The summed E-state index contributed by atoms with van der Waals surface area (Å²) in [4.78, 5) is 26.5. The lowest BCUT2D eigenvalue weighted by Crippen LogP contribution is -2.39. The Hall–Kier alpha value is -2.10. The fourth-order valence-corrected chi connectivity index (χ4v) is 3.35. The smallest absolute Gasteiger partial charge is 0.261 e. The van der Waals surface area contributed by atoms with Gasteiger partial charge in [0.2, 0.25) is 5.91 Å². The second-order valence-corrected chi connectivity index (χ2v) is 7.69. The number of thiophene rings is 1. The first-order valence-electron chi connectivity index (χ1n) is 7.30. The average Bonchev–Trinajstić information content (AvgIpc) is 3.00. The van der Waals surface area contributed by atoms with Crippen molar-refractivity contribution in [2.75, 3.05) is 13.1 Å². The number of amides is 2. The van der Waals surface area contributed by atoms with Crippen LogP contribution in [-0.2, 0) is 11.3 Å². The van der Waals surface area contributed by atoms with Crippen molar-refractivity contribution in [2.45, 2.75) is 13.5 Å². The van der Waals surface area contributed by atoms with Crippen LogP contribution in [0.25, 0.3) is 0 Å². The third-order valence-corrected chi connectivity index (χ3v) is 4.95. The molecule has 1 aromatic carbocycles. The normalized spacial score (nSPS) is 10.0. The van der Waals surface area contributed by atoms with Crippen molar-refractivity contribution in [3.8, 4) is 12.3 Å². The molecule has 1 heterocycles. The van der Waals surface area contributed by atoms with Gasteiger partial charge in [0.05, 0.1) is 21.8 Å². The van der Waals surface area contributed by atoms with Crippen LogP contribution in [0.3, 0.4) is 0 Å². The second-order valence-electron chi connectivity index (χ2n) is 5.23. The van der Waals surface area contributed by atoms with Gasteiger partial charge in [0.1, 0.15) is 0 Å². The molecular weight excluding hydrogens is 388 g/mol. The van der Waals surface area contributed by atoms with Crippen molar-refractivity contribution in [1.82, 2.24) is 10.2 Å². The first kappa shape index (κ1) is 18.2. The Balaban J connectivity index is 1.94. The van der Waals surface area contributed by atoms with Gasteiger partial charge in [0, 0.05) is 6.54 Å². The van der Waals surface area contributed by atoms with Gasteiger partial charge in [0.15, 0.2) is 0 Å². The predicted octanol–water partition coefficient (Wildman–Crippen LogP) is 3.21. The van der Waals surface area contributed by atoms with Gasteiger partial charge in [-0.2, -0.15) is 0 Å². The molecule has 0 fully saturated rings. The zero-order valence-electron chi connectivity index (χ0n) is 13.2. The van der Waals surface area contributed by atoms with E-state index in [1.807, 2.05) is 31.2 Å². The van der Waals surface area contributed by atoms with E-state index in [1.54, 1.807) is 17.0 Å². The molecule has 1 N–H and O–H groups in total. The maximum atomic E-state index is 12.4. The third kappa shape index (κ3) is 5.22. The highest BCUT2D eigenvalue weighted by molar-refractivity contribution is 9.11. The lowest BCUT2D eigenvalue weighted by Gasteiger charge is -2.20. The lowest BCUT2D eigenvalue weighted by atomic mass is 10.1. The van der Waals surface area contributed by atoms with Crippen LogP contribution in [0.1, 0.15) is 20.8 Å². The fraction of sp³-hybridized carbons (Fsp3) is 0.222. The summed E-state index contributed by atoms with van der Waals surface area (Å²) in [6.45, 7) is 2.55. The van der Waals surface area contributed by atoms with E-state index >= 15 is 0 Å². The van der Waals surface area contributed by atoms with Crippen LogP contribution < -0.4 is 5.32 Å². The fourth-order valence-electron chi connectivity index (χ4n) is 2.05. The second kappa shape index (κ2) is 8.67. The summed E-state index contributed by atoms with van der Waals surface area (Å²) < 4.78 is 0.868. The molecule has 0 aliphatic carbocycles. The van der Waals surface area contributed by atoms with Gasteiger partial charge in [-0.1, -0.05) is 35.7 Å². The molecule has 2 aromatic rings. The van der Waals surface area contributed by atoms with Crippen LogP contribution >= 0.6 is 27.3 Å². The Morgan fingerprint density at radius 3 is 2.54 bits per heavy atom. The summed E-state index contributed by atoms with van der Waals surface area (Å²) in [6.07, 6.45) is 5.36. The molecule has 2 amide bonds. The van der Waals surface area contributed by atoms with E-state index in [2.05, 4.69) is 27.2 Å². The van der Waals surface area contributed by atoms with Crippen molar-refractivity contribution in [2.24, 2.45) is 0 Å². The third-order valence-electron chi connectivity index (χ3n) is 3.33. The van der Waals surface area contributed by atoms with Gasteiger partial charge in [-0.25, -0.2) is 0 Å². The number of aryl methyl sites for hydroxylation is 1. The number of hydrogen-bond acceptors (Lipinski definition) is 3. The Morgan fingerprint density at radius 2 is 1.96 bits per heavy atom. The number of halogens is 1. The topological polar surface area (TPSA) is 49.4 Å². The Labute approximate surface area is 154 Å². The van der Waals surface area contributed by atoms with Gasteiger partial charge < -0.3 is 10.2 Å². The number of rotatable bonds is 6. The van der Waals surface area contributed by atoms with E-state index in [0.717, 1.165) is 14.9 Å². The predicted molar refractivity (Wildman–Crippen MR) is 99.8 cm³/mol. The number of nitrogens with one attached hydrogen (secondary N) is 1. The number of carbonyl (C=O) groups excluding carboxylic acids is 2. The van der Waals surface area contributed by atoms with Crippen LogP contribution in [0.2, 0.25) is 0 Å². The van der Waals surface area contributed by atoms with Gasteiger partial charge in [0.25, 0.3) is 5.91 Å². The minimum Gasteiger partial charge on any atom is -0.342 e. The summed E-state index contributed by atoms with van der Waals surface area (Å²) in [5.41, 5.74) is 2.15. The Morgan fingerprint density at radius 1 is 1.25 bits per heavy atom. The maximum Gasteiger partial charge on any atom is 0.261 e. The van der Waals surface area contributed by atoms with Gasteiger partial charge in [-0.05, 0) is 40.5 Å². The molecule has 1 aromatic heterocycles. The van der Waals surface area contributed by atoms with Crippen LogP contribution in [0.4, 0.5) is 0 Å². The molecule has 0 saturated heterocycles. The van der Waals surface area contributed by atoms with Crippen molar-refractivity contribution in [3.63, 3.8) is 0 Å². The van der Waals surface area contributed by atoms with E-state index < -0.39 is 0 Å². The maximum absolute atomic E-state index is 12.4. The monoisotopic (exact) mass is 404 g/mol. The Bertz CT molecular complexity index is 762. The number of carbonyl (C=O) groups is 2. The minimum absolute atomic E-state index is 0.0815. The van der Waals surface area contributed by atoms with Crippen LogP contribution in [0, 0.1) is 19.3 Å². The molecule has 6 heteroatoms. The molecule has 0 aliphatic rings. The standard InChI is InChI=1S/C18H17BrN2O2S/c1-3-10-21(12-14-6-4-13(2)5-7-14)17(22)11-20-18(23)15-8-9-16(19)24-15/h1,4-9H,10-12H2,2H3,(H,20,23). The Kier molecular flexibility index (Phi) is 6.59. The van der Waals surface area contributed by atoms with Crippen LogP contribution in [0.5, 0.6) is 0 Å². The zero-order chi connectivity index (χ0) is 17.5. The van der Waals surface area contributed by atoms with E-state index in [0.29, 0.717) is 11.4 Å². The molecule has 0 bridgehead atoms. The van der Waals surface area contributed by atoms with E-state index in [-0.39, 0.29) is 24.9 Å². The minimum atomic E-state index is -0.268. The molecular formula is C18H17BrN2O2S. The van der Waals surface area contributed by atoms with Crippen molar-refractivity contribution >= 4 is 39.1 Å². The number of terminal acetylenes is 1. The van der Waals surface area contributed by atoms with Gasteiger partial charge in [-0.3, -0.25) is 9.59 Å². The molecule has 24 heavy (non-hydrogen) atoms. The zero-order valence-corrected chi connectivity index (χ0v) is 15.6. The number of nitrogens with zero attached hydrogens (tertiary/aromatic N) is 1. The molecule has 0 aliphatic heterocycles. The summed E-state index contributed by atoms with van der Waals surface area (Å²) in [5, 5.41) is 2.64. The molecule has 0 unspecified atom stereocenters. The van der Waals surface area contributed by atoms with Crippen LogP contribution in [0.15, 0.2) is 40.2 Å². The quantitative estimate of drug-likeness (QED) is 0.751. The molecule has 0 radical (unpaired) electrons. The first-order valence-corrected chi connectivity index (χ1v) is 8.91. The molecule has 0 saturated carbocycles. The largest absolute Gasteiger partial charge is 0.342 e. The average molecular weight is 405 g/mol. The number of benzene rings is 1. The molecule has 124 valence electrons. The molecule has 2 rings (SSSR count). The molecule has 4 nitrogen and oxygen atoms in total. The lowest BCUT2D eigenvalue weighted by molar-refractivity contribution is -0.130. The summed E-state index contributed by atoms with van der Waals surface area (Å²) in [5.74, 6) is 2.01. The van der Waals surface area contributed by atoms with E-state index in [1.165, 1.54) is 11.3 Å². The summed E-state index contributed by atoms with van der Waals surface area (Å²) in [7, 11) is 0. The highest BCUT2D eigenvalue weighted by atomic mass is 79.9. The van der Waals surface area contributed by atoms with Crippen molar-refractivity contribution in [3.05, 3.63) is 56.2 Å². The molecule has 0 spiro atoms. The van der Waals surface area contributed by atoms with Crippen molar-refractivity contribution in [1.29, 1.82) is 0 Å². The van der Waals surface area contributed by atoms with Crippen molar-refractivity contribution < 1.29 is 9.59 Å². The highest BCUT2D eigenvalue weighted by Gasteiger charge is 2.15. The van der Waals surface area contributed by atoms with E-state index in [4.69, 9.17) is 6.42 Å². The van der Waals surface area contributed by atoms with Gasteiger partial charge >= 0.3 is 0 Å². The first-order chi connectivity index (χ1) is 11.5. The van der Waals surface area contributed by atoms with Gasteiger partial charge in [-0.15, -0.1) is 17.8 Å². The summed E-state index contributed by atoms with van der Waals surface area (Å²) >= 11 is 4.63. The van der Waals surface area contributed by atoms with E-state index in [9.17, 15) is 9.59 Å². The number of hydrogen-bond donors (Lipinski definition) is 1. The van der Waals surface area contributed by atoms with Crippen LogP contribution in [-0.4, -0.2) is 29.8 Å². The SMILES string of the molecule is C#CCN(Cc1ccc(C)cc1)C(=O)CNC(=O)c1ccc(Br)s1. The highest BCUT2D eigenvalue weighted by Crippen LogP contribution is 2.21. The summed E-state index contributed by atoms with van der Waals surface area (Å²) in [6, 6.07) is 11.4.